The Morgan fingerprint density at radius 3 is 2.75 bits per heavy atom. The van der Waals surface area contributed by atoms with Crippen molar-refractivity contribution in [1.82, 2.24) is 14.8 Å². The van der Waals surface area contributed by atoms with Crippen LogP contribution in [0.25, 0.3) is 0 Å². The molecule has 20 heavy (non-hydrogen) atoms. The van der Waals surface area contributed by atoms with Gasteiger partial charge in [-0.25, -0.2) is 0 Å². The van der Waals surface area contributed by atoms with Gasteiger partial charge < -0.3 is 9.64 Å². The number of carbonyl (C=O) groups excluding carboxylic acids is 1. The smallest absolute Gasteiger partial charge is 0.272 e. The molecule has 0 bridgehead atoms. The van der Waals surface area contributed by atoms with Gasteiger partial charge in [-0.3, -0.25) is 14.7 Å². The molecule has 0 N–H and O–H groups in total. The normalized spacial score (nSPS) is 22.9. The molecule has 2 aliphatic rings. The van der Waals surface area contributed by atoms with Crippen LogP contribution in [-0.2, 0) is 4.74 Å². The van der Waals surface area contributed by atoms with E-state index in [1.165, 1.54) is 0 Å². The number of morpholine rings is 1. The van der Waals surface area contributed by atoms with Crippen LogP contribution >= 0.6 is 0 Å². The van der Waals surface area contributed by atoms with Crippen molar-refractivity contribution in [2.75, 3.05) is 39.9 Å². The predicted octanol–water partition coefficient (Wildman–Crippen LogP) is 1.02. The SMILES string of the molecule is CN1CCOCC12CCN(C(=O)c1ccccn1)CC2. The summed E-state index contributed by atoms with van der Waals surface area (Å²) in [6, 6.07) is 5.47. The van der Waals surface area contributed by atoms with E-state index in [2.05, 4.69) is 16.9 Å². The Labute approximate surface area is 119 Å². The number of pyridine rings is 1. The first-order valence-electron chi connectivity index (χ1n) is 7.21. The van der Waals surface area contributed by atoms with E-state index < -0.39 is 0 Å². The van der Waals surface area contributed by atoms with Gasteiger partial charge in [-0.2, -0.15) is 0 Å². The molecular formula is C15H21N3O2. The first-order valence-corrected chi connectivity index (χ1v) is 7.21. The average Bonchev–Trinajstić information content (AvgIpc) is 2.51. The molecule has 0 unspecified atom stereocenters. The highest BCUT2D eigenvalue weighted by Crippen LogP contribution is 2.30. The first kappa shape index (κ1) is 13.5. The van der Waals surface area contributed by atoms with Crippen LogP contribution in [0.4, 0.5) is 0 Å². The van der Waals surface area contributed by atoms with Crippen LogP contribution in [0, 0.1) is 0 Å². The number of piperidine rings is 1. The molecule has 1 aromatic heterocycles. The zero-order valence-corrected chi connectivity index (χ0v) is 11.9. The number of likely N-dealkylation sites (N-methyl/N-ethyl adjacent to an activating group) is 1. The summed E-state index contributed by atoms with van der Waals surface area (Å²) in [5.41, 5.74) is 0.663. The molecule has 2 fully saturated rings. The minimum absolute atomic E-state index is 0.0415. The van der Waals surface area contributed by atoms with Gasteiger partial charge in [0, 0.05) is 31.4 Å². The number of hydrogen-bond acceptors (Lipinski definition) is 4. The molecule has 0 saturated carbocycles. The third kappa shape index (κ3) is 2.43. The van der Waals surface area contributed by atoms with Crippen molar-refractivity contribution >= 4 is 5.91 Å². The number of amides is 1. The van der Waals surface area contributed by atoms with Crippen molar-refractivity contribution in [2.24, 2.45) is 0 Å². The third-order valence-corrected chi connectivity index (χ3v) is 4.62. The van der Waals surface area contributed by atoms with Crippen LogP contribution in [-0.4, -0.2) is 66.1 Å². The van der Waals surface area contributed by atoms with E-state index >= 15 is 0 Å². The fraction of sp³-hybridized carbons (Fsp3) is 0.600. The van der Waals surface area contributed by atoms with Gasteiger partial charge in [-0.1, -0.05) is 6.07 Å². The van der Waals surface area contributed by atoms with Crippen molar-refractivity contribution in [3.8, 4) is 0 Å². The van der Waals surface area contributed by atoms with Crippen molar-refractivity contribution in [3.05, 3.63) is 30.1 Å². The van der Waals surface area contributed by atoms with Gasteiger partial charge in [-0.05, 0) is 32.0 Å². The van der Waals surface area contributed by atoms with Crippen molar-refractivity contribution in [2.45, 2.75) is 18.4 Å². The molecule has 5 heteroatoms. The summed E-state index contributed by atoms with van der Waals surface area (Å²) in [5, 5.41) is 0. The van der Waals surface area contributed by atoms with Gasteiger partial charge in [0.1, 0.15) is 5.69 Å². The molecule has 108 valence electrons. The highest BCUT2D eigenvalue weighted by atomic mass is 16.5. The molecule has 3 rings (SSSR count). The van der Waals surface area contributed by atoms with E-state index in [-0.39, 0.29) is 11.4 Å². The lowest BCUT2D eigenvalue weighted by molar-refractivity contribution is -0.0796. The Hall–Kier alpha value is -1.46. The zero-order valence-electron chi connectivity index (χ0n) is 11.9. The number of rotatable bonds is 1. The molecule has 0 aromatic carbocycles. The van der Waals surface area contributed by atoms with Crippen molar-refractivity contribution in [3.63, 3.8) is 0 Å². The van der Waals surface area contributed by atoms with E-state index in [9.17, 15) is 4.79 Å². The summed E-state index contributed by atoms with van der Waals surface area (Å²) in [5.74, 6) is 0.0415. The maximum Gasteiger partial charge on any atom is 0.272 e. The second kappa shape index (κ2) is 5.50. The summed E-state index contributed by atoms with van der Waals surface area (Å²) < 4.78 is 5.66. The van der Waals surface area contributed by atoms with Crippen LogP contribution in [0.5, 0.6) is 0 Å². The van der Waals surface area contributed by atoms with Gasteiger partial charge >= 0.3 is 0 Å². The van der Waals surface area contributed by atoms with E-state index in [1.807, 2.05) is 17.0 Å². The molecule has 3 heterocycles. The van der Waals surface area contributed by atoms with Crippen LogP contribution in [0.1, 0.15) is 23.3 Å². The molecule has 2 saturated heterocycles. The number of ether oxygens (including phenoxy) is 1. The lowest BCUT2D eigenvalue weighted by Gasteiger charge is -2.49. The van der Waals surface area contributed by atoms with E-state index in [0.29, 0.717) is 5.69 Å². The second-order valence-corrected chi connectivity index (χ2v) is 5.71. The van der Waals surface area contributed by atoms with Crippen LogP contribution in [0.3, 0.4) is 0 Å². The highest BCUT2D eigenvalue weighted by Gasteiger charge is 2.41. The highest BCUT2D eigenvalue weighted by molar-refractivity contribution is 5.92. The molecule has 1 amide bonds. The quantitative estimate of drug-likeness (QED) is 0.767. The van der Waals surface area contributed by atoms with Gasteiger partial charge in [0.25, 0.3) is 5.91 Å². The molecule has 0 radical (unpaired) electrons. The fourth-order valence-electron chi connectivity index (χ4n) is 3.11. The first-order chi connectivity index (χ1) is 9.71. The Morgan fingerprint density at radius 2 is 2.10 bits per heavy atom. The summed E-state index contributed by atoms with van der Waals surface area (Å²) in [4.78, 5) is 20.8. The summed E-state index contributed by atoms with van der Waals surface area (Å²) in [6.45, 7) is 4.14. The fourth-order valence-corrected chi connectivity index (χ4v) is 3.11. The van der Waals surface area contributed by atoms with Crippen molar-refractivity contribution < 1.29 is 9.53 Å². The van der Waals surface area contributed by atoms with E-state index in [1.54, 1.807) is 12.3 Å². The minimum atomic E-state index is 0.0415. The summed E-state index contributed by atoms with van der Waals surface area (Å²) >= 11 is 0. The lowest BCUT2D eigenvalue weighted by atomic mass is 9.85. The zero-order chi connectivity index (χ0) is 14.0. The number of hydrogen-bond donors (Lipinski definition) is 0. The largest absolute Gasteiger partial charge is 0.378 e. The average molecular weight is 275 g/mol. The number of carbonyl (C=O) groups is 1. The molecule has 1 spiro atoms. The Bertz CT molecular complexity index is 469. The molecule has 5 nitrogen and oxygen atoms in total. The van der Waals surface area contributed by atoms with Gasteiger partial charge in [0.05, 0.1) is 13.2 Å². The van der Waals surface area contributed by atoms with Gasteiger partial charge in [-0.15, -0.1) is 0 Å². The number of nitrogens with zero attached hydrogens (tertiary/aromatic N) is 3. The van der Waals surface area contributed by atoms with Crippen LogP contribution in [0.15, 0.2) is 24.4 Å². The standard InChI is InChI=1S/C15H21N3O2/c1-17-10-11-20-12-15(17)5-8-18(9-6-15)14(19)13-4-2-3-7-16-13/h2-4,7H,5-6,8-12H2,1H3. The Kier molecular flexibility index (Phi) is 3.72. The van der Waals surface area contributed by atoms with Gasteiger partial charge in [0.15, 0.2) is 0 Å². The Balaban J connectivity index is 1.65. The Morgan fingerprint density at radius 1 is 1.30 bits per heavy atom. The molecule has 1 aromatic rings. The lowest BCUT2D eigenvalue weighted by Crippen LogP contribution is -2.60. The number of likely N-dealkylation sites (tertiary alicyclic amines) is 1. The molecule has 0 aliphatic carbocycles. The van der Waals surface area contributed by atoms with E-state index in [4.69, 9.17) is 4.74 Å². The monoisotopic (exact) mass is 275 g/mol. The minimum Gasteiger partial charge on any atom is -0.378 e. The molecular weight excluding hydrogens is 254 g/mol. The van der Waals surface area contributed by atoms with Crippen LogP contribution in [0.2, 0.25) is 0 Å². The van der Waals surface area contributed by atoms with Gasteiger partial charge in [0.2, 0.25) is 0 Å². The number of aromatic nitrogens is 1. The third-order valence-electron chi connectivity index (χ3n) is 4.62. The molecule has 0 atom stereocenters. The molecule has 2 aliphatic heterocycles. The predicted molar refractivity (Wildman–Crippen MR) is 75.6 cm³/mol. The summed E-state index contributed by atoms with van der Waals surface area (Å²) in [6.07, 6.45) is 3.62. The topological polar surface area (TPSA) is 45.7 Å². The van der Waals surface area contributed by atoms with E-state index in [0.717, 1.165) is 45.7 Å². The second-order valence-electron chi connectivity index (χ2n) is 5.71. The summed E-state index contributed by atoms with van der Waals surface area (Å²) in [7, 11) is 2.17. The maximum atomic E-state index is 12.4. The maximum absolute atomic E-state index is 12.4. The van der Waals surface area contributed by atoms with Crippen LogP contribution < -0.4 is 0 Å². The van der Waals surface area contributed by atoms with Crippen molar-refractivity contribution in [1.29, 1.82) is 0 Å².